The summed E-state index contributed by atoms with van der Waals surface area (Å²) in [5.41, 5.74) is 5.56. The summed E-state index contributed by atoms with van der Waals surface area (Å²) < 4.78 is 0. The maximum absolute atomic E-state index is 8.45. The summed E-state index contributed by atoms with van der Waals surface area (Å²) in [5, 5.41) is 16.9. The van der Waals surface area contributed by atoms with Crippen molar-refractivity contribution in [3.05, 3.63) is 0 Å². The molecule has 0 spiro atoms. The fraction of sp³-hybridized carbons (Fsp3) is 1.00. The number of aliphatic hydroxyl groups excluding tert-OH is 2. The van der Waals surface area contributed by atoms with Gasteiger partial charge in [-0.25, -0.2) is 0 Å². The van der Waals surface area contributed by atoms with Gasteiger partial charge in [-0.3, -0.25) is 0 Å². The van der Waals surface area contributed by atoms with E-state index in [4.69, 9.17) is 15.9 Å². The number of nitrogens with two attached hydrogens (primary N) is 1. The zero-order valence-electron chi connectivity index (χ0n) is 5.99. The Balaban J connectivity index is 2.97. The van der Waals surface area contributed by atoms with Crippen molar-refractivity contribution in [2.45, 2.75) is 12.5 Å². The Labute approximate surface area is 65.6 Å². The molecule has 0 saturated heterocycles. The van der Waals surface area contributed by atoms with Crippen LogP contribution in [0.1, 0.15) is 6.42 Å². The molecule has 0 aliphatic carbocycles. The van der Waals surface area contributed by atoms with Gasteiger partial charge in [0, 0.05) is 24.2 Å². The molecule has 0 aliphatic rings. The highest BCUT2D eigenvalue weighted by Crippen LogP contribution is 2.02. The molecule has 1 unspecified atom stereocenters. The first-order valence-corrected chi connectivity index (χ1v) is 4.51. The lowest BCUT2D eigenvalue weighted by atomic mass is 10.3. The maximum atomic E-state index is 8.45. The molecule has 4 heteroatoms. The molecule has 0 aromatic rings. The Kier molecular flexibility index (Phi) is 7.51. The van der Waals surface area contributed by atoms with E-state index in [1.54, 1.807) is 11.8 Å². The Morgan fingerprint density at radius 3 is 2.50 bits per heavy atom. The normalized spacial score (nSPS) is 13.5. The Morgan fingerprint density at radius 1 is 1.30 bits per heavy atom. The summed E-state index contributed by atoms with van der Waals surface area (Å²) in [7, 11) is 0. The fourth-order valence-electron chi connectivity index (χ4n) is 0.548. The van der Waals surface area contributed by atoms with Gasteiger partial charge in [-0.2, -0.15) is 11.8 Å². The van der Waals surface area contributed by atoms with E-state index < -0.39 is 0 Å². The van der Waals surface area contributed by atoms with Crippen LogP contribution in [0.2, 0.25) is 0 Å². The fourth-order valence-corrected chi connectivity index (χ4v) is 1.31. The molecular formula is C6H15NO2S. The maximum Gasteiger partial charge on any atom is 0.0521 e. The van der Waals surface area contributed by atoms with Gasteiger partial charge in [-0.15, -0.1) is 0 Å². The summed E-state index contributed by atoms with van der Waals surface area (Å²) in [5.74, 6) is 1.56. The van der Waals surface area contributed by atoms with Crippen molar-refractivity contribution in [1.82, 2.24) is 0 Å². The monoisotopic (exact) mass is 165 g/mol. The second-order valence-corrected chi connectivity index (χ2v) is 3.22. The highest BCUT2D eigenvalue weighted by atomic mass is 32.2. The van der Waals surface area contributed by atoms with E-state index in [1.807, 2.05) is 0 Å². The molecular weight excluding hydrogens is 150 g/mol. The van der Waals surface area contributed by atoms with Crippen molar-refractivity contribution in [1.29, 1.82) is 0 Å². The first-order chi connectivity index (χ1) is 4.81. The average molecular weight is 165 g/mol. The van der Waals surface area contributed by atoms with Gasteiger partial charge in [0.2, 0.25) is 0 Å². The van der Waals surface area contributed by atoms with E-state index in [-0.39, 0.29) is 19.3 Å². The van der Waals surface area contributed by atoms with Crippen LogP contribution in [0.4, 0.5) is 0 Å². The third kappa shape index (κ3) is 6.35. The topological polar surface area (TPSA) is 66.5 Å². The zero-order chi connectivity index (χ0) is 7.82. The summed E-state index contributed by atoms with van der Waals surface area (Å²) in [6.07, 6.45) is 0.651. The van der Waals surface area contributed by atoms with E-state index in [2.05, 4.69) is 0 Å². The zero-order valence-corrected chi connectivity index (χ0v) is 6.81. The van der Waals surface area contributed by atoms with Crippen LogP contribution in [0.15, 0.2) is 0 Å². The molecule has 0 aromatic carbocycles. The quantitative estimate of drug-likeness (QED) is 0.461. The molecule has 1 atom stereocenters. The Morgan fingerprint density at radius 2 is 2.00 bits per heavy atom. The Hall–Kier alpha value is 0.230. The van der Waals surface area contributed by atoms with Crippen LogP contribution >= 0.6 is 11.8 Å². The van der Waals surface area contributed by atoms with E-state index in [9.17, 15) is 0 Å². The van der Waals surface area contributed by atoms with Crippen LogP contribution in [0.3, 0.4) is 0 Å². The lowest BCUT2D eigenvalue weighted by Crippen LogP contribution is -2.24. The van der Waals surface area contributed by atoms with Gasteiger partial charge in [0.05, 0.1) is 6.61 Å². The molecule has 0 aromatic heterocycles. The van der Waals surface area contributed by atoms with Gasteiger partial charge in [-0.1, -0.05) is 0 Å². The van der Waals surface area contributed by atoms with Crippen molar-refractivity contribution in [3.63, 3.8) is 0 Å². The van der Waals surface area contributed by atoms with Gasteiger partial charge in [0.1, 0.15) is 0 Å². The summed E-state index contributed by atoms with van der Waals surface area (Å²) >= 11 is 1.62. The Bertz CT molecular complexity index is 72.8. The molecule has 4 N–H and O–H groups in total. The molecule has 0 fully saturated rings. The van der Waals surface area contributed by atoms with Crippen LogP contribution in [0, 0.1) is 0 Å². The standard InChI is InChI=1S/C6H15NO2S/c7-6(1-2-8)5-10-4-3-9/h6,8-9H,1-5,7H2. The third-order valence-electron chi connectivity index (χ3n) is 1.07. The van der Waals surface area contributed by atoms with Crippen molar-refractivity contribution in [2.75, 3.05) is 24.7 Å². The first kappa shape index (κ1) is 10.2. The van der Waals surface area contributed by atoms with Gasteiger partial charge in [0.25, 0.3) is 0 Å². The van der Waals surface area contributed by atoms with Crippen molar-refractivity contribution < 1.29 is 10.2 Å². The van der Waals surface area contributed by atoms with Crippen LogP contribution in [-0.4, -0.2) is 41.0 Å². The molecule has 3 nitrogen and oxygen atoms in total. The lowest BCUT2D eigenvalue weighted by Gasteiger charge is -2.07. The van der Waals surface area contributed by atoms with Gasteiger partial charge < -0.3 is 15.9 Å². The predicted molar refractivity (Wildman–Crippen MR) is 44.1 cm³/mol. The van der Waals surface area contributed by atoms with Crippen LogP contribution in [0.5, 0.6) is 0 Å². The molecule has 0 aliphatic heterocycles. The highest BCUT2D eigenvalue weighted by Gasteiger charge is 1.99. The SMILES string of the molecule is NC(CCO)CSCCO. The van der Waals surface area contributed by atoms with Gasteiger partial charge in [0.15, 0.2) is 0 Å². The number of aliphatic hydroxyl groups is 2. The molecule has 62 valence electrons. The van der Waals surface area contributed by atoms with E-state index in [0.29, 0.717) is 6.42 Å². The van der Waals surface area contributed by atoms with Gasteiger partial charge >= 0.3 is 0 Å². The smallest absolute Gasteiger partial charge is 0.0521 e. The van der Waals surface area contributed by atoms with Crippen molar-refractivity contribution in [3.8, 4) is 0 Å². The lowest BCUT2D eigenvalue weighted by molar-refractivity contribution is 0.279. The van der Waals surface area contributed by atoms with Gasteiger partial charge in [-0.05, 0) is 6.42 Å². The molecule has 0 radical (unpaired) electrons. The second kappa shape index (κ2) is 7.34. The molecule has 0 saturated carbocycles. The van der Waals surface area contributed by atoms with Crippen LogP contribution < -0.4 is 5.73 Å². The number of hydrogen-bond acceptors (Lipinski definition) is 4. The average Bonchev–Trinajstić information content (AvgIpc) is 1.89. The number of rotatable bonds is 6. The molecule has 0 heterocycles. The van der Waals surface area contributed by atoms with Crippen molar-refractivity contribution in [2.24, 2.45) is 5.73 Å². The minimum Gasteiger partial charge on any atom is -0.396 e. The second-order valence-electron chi connectivity index (χ2n) is 2.07. The summed E-state index contributed by atoms with van der Waals surface area (Å²) in [4.78, 5) is 0. The first-order valence-electron chi connectivity index (χ1n) is 3.36. The van der Waals surface area contributed by atoms with E-state index in [0.717, 1.165) is 11.5 Å². The molecule has 0 bridgehead atoms. The predicted octanol–water partition coefficient (Wildman–Crippen LogP) is -0.578. The number of thioether (sulfide) groups is 1. The van der Waals surface area contributed by atoms with Crippen LogP contribution in [-0.2, 0) is 0 Å². The number of hydrogen-bond donors (Lipinski definition) is 3. The minimum absolute atomic E-state index is 0.0709. The van der Waals surface area contributed by atoms with Crippen LogP contribution in [0.25, 0.3) is 0 Å². The highest BCUT2D eigenvalue weighted by molar-refractivity contribution is 7.99. The molecule has 0 rings (SSSR count). The van der Waals surface area contributed by atoms with E-state index >= 15 is 0 Å². The molecule has 0 amide bonds. The van der Waals surface area contributed by atoms with E-state index in [1.165, 1.54) is 0 Å². The largest absolute Gasteiger partial charge is 0.396 e. The summed E-state index contributed by atoms with van der Waals surface area (Å²) in [6.45, 7) is 0.358. The molecule has 10 heavy (non-hydrogen) atoms. The summed E-state index contributed by atoms with van der Waals surface area (Å²) in [6, 6.07) is 0.0709. The third-order valence-corrected chi connectivity index (χ3v) is 2.20. The minimum atomic E-state index is 0.0709. The van der Waals surface area contributed by atoms with Crippen molar-refractivity contribution >= 4 is 11.8 Å².